The molecule has 1 amide bonds. The first-order chi connectivity index (χ1) is 18.3. The Kier molecular flexibility index (Phi) is 8.80. The van der Waals surface area contributed by atoms with Gasteiger partial charge in [-0.05, 0) is 68.9 Å². The van der Waals surface area contributed by atoms with Crippen molar-refractivity contribution in [3.05, 3.63) is 55.7 Å². The second-order valence-corrected chi connectivity index (χ2v) is 10.9. The highest BCUT2D eigenvalue weighted by Gasteiger charge is 2.33. The fourth-order valence-corrected chi connectivity index (χ4v) is 6.28. The summed E-state index contributed by atoms with van der Waals surface area (Å²) in [6.45, 7) is 6.22. The molecule has 3 heterocycles. The molecule has 4 rings (SSSR count). The number of aromatic nitrogens is 1. The van der Waals surface area contributed by atoms with Crippen molar-refractivity contribution in [2.45, 2.75) is 46.1 Å². The van der Waals surface area contributed by atoms with Crippen LogP contribution in [-0.2, 0) is 17.8 Å². The molecule has 2 aliphatic heterocycles. The zero-order chi connectivity index (χ0) is 27.4. The van der Waals surface area contributed by atoms with Gasteiger partial charge in [-0.25, -0.2) is 0 Å². The van der Waals surface area contributed by atoms with E-state index in [0.717, 1.165) is 49.3 Å². The highest BCUT2D eigenvalue weighted by Crippen LogP contribution is 2.37. The summed E-state index contributed by atoms with van der Waals surface area (Å²) in [4.78, 5) is 31.0. The van der Waals surface area contributed by atoms with Gasteiger partial charge in [0.2, 0.25) is 0 Å². The summed E-state index contributed by atoms with van der Waals surface area (Å²) in [6, 6.07) is 7.78. The van der Waals surface area contributed by atoms with E-state index in [1.165, 1.54) is 11.8 Å². The number of nitrogens with zero attached hydrogens (tertiary/aromatic N) is 4. The maximum absolute atomic E-state index is 13.5. The molecule has 0 radical (unpaired) electrons. The minimum atomic E-state index is -0.285. The molecule has 10 heteroatoms. The number of nitriles is 1. The fourth-order valence-electron chi connectivity index (χ4n) is 4.98. The van der Waals surface area contributed by atoms with Crippen LogP contribution in [0, 0.1) is 18.3 Å². The van der Waals surface area contributed by atoms with E-state index in [1.54, 1.807) is 30.6 Å². The molecule has 1 aromatic heterocycles. The Morgan fingerprint density at radius 1 is 1.13 bits per heavy atom. The van der Waals surface area contributed by atoms with Crippen molar-refractivity contribution in [1.29, 1.82) is 5.26 Å². The van der Waals surface area contributed by atoms with Gasteiger partial charge < -0.3 is 14.4 Å². The maximum atomic E-state index is 13.5. The van der Waals surface area contributed by atoms with Crippen molar-refractivity contribution < 1.29 is 14.3 Å². The molecule has 200 valence electrons. The van der Waals surface area contributed by atoms with Gasteiger partial charge >= 0.3 is 0 Å². The highest BCUT2D eigenvalue weighted by atomic mass is 32.2. The third kappa shape index (κ3) is 5.31. The minimum absolute atomic E-state index is 0.114. The van der Waals surface area contributed by atoms with E-state index in [0.29, 0.717) is 45.8 Å². The van der Waals surface area contributed by atoms with Crippen molar-refractivity contribution in [2.24, 2.45) is 0 Å². The van der Waals surface area contributed by atoms with Crippen LogP contribution in [0.1, 0.15) is 48.4 Å². The van der Waals surface area contributed by atoms with Gasteiger partial charge in [0, 0.05) is 31.7 Å². The molecule has 2 fully saturated rings. The number of rotatable bonds is 8. The second-order valence-electron chi connectivity index (χ2n) is 9.22. The number of methoxy groups -OCH3 is 2. The van der Waals surface area contributed by atoms with Gasteiger partial charge in [-0.2, -0.15) is 5.26 Å². The summed E-state index contributed by atoms with van der Waals surface area (Å²) in [7, 11) is 3.18. The van der Waals surface area contributed by atoms with Gasteiger partial charge in [-0.1, -0.05) is 30.0 Å². The predicted molar refractivity (Wildman–Crippen MR) is 155 cm³/mol. The van der Waals surface area contributed by atoms with E-state index in [9.17, 15) is 14.9 Å². The maximum Gasteiger partial charge on any atom is 0.270 e. The van der Waals surface area contributed by atoms with Crippen LogP contribution in [0.15, 0.2) is 27.9 Å². The minimum Gasteiger partial charge on any atom is -0.493 e. The number of pyridine rings is 1. The number of anilines is 1. The summed E-state index contributed by atoms with van der Waals surface area (Å²) in [5.74, 6) is 1.90. The number of carbonyl (C=O) groups excluding carboxylic acids is 1. The quantitative estimate of drug-likeness (QED) is 0.350. The Balaban J connectivity index is 1.68. The van der Waals surface area contributed by atoms with E-state index in [4.69, 9.17) is 21.7 Å². The van der Waals surface area contributed by atoms with Crippen LogP contribution in [0.5, 0.6) is 11.5 Å². The number of thioether (sulfide) groups is 1. The lowest BCUT2D eigenvalue weighted by atomic mass is 10.0. The Morgan fingerprint density at radius 3 is 2.47 bits per heavy atom. The summed E-state index contributed by atoms with van der Waals surface area (Å²) in [5, 5.41) is 9.77. The molecule has 38 heavy (non-hydrogen) atoms. The van der Waals surface area contributed by atoms with Crippen LogP contribution in [0.25, 0.3) is 6.08 Å². The first-order valence-corrected chi connectivity index (χ1v) is 14.0. The van der Waals surface area contributed by atoms with E-state index >= 15 is 0 Å². The number of ether oxygens (including phenoxy) is 2. The van der Waals surface area contributed by atoms with E-state index in [2.05, 4.69) is 11.0 Å². The number of hydrogen-bond acceptors (Lipinski definition) is 8. The van der Waals surface area contributed by atoms with Gasteiger partial charge in [0.1, 0.15) is 21.8 Å². The Bertz CT molecular complexity index is 1390. The van der Waals surface area contributed by atoms with Crippen LogP contribution < -0.4 is 19.9 Å². The van der Waals surface area contributed by atoms with Crippen molar-refractivity contribution in [3.63, 3.8) is 0 Å². The van der Waals surface area contributed by atoms with Gasteiger partial charge in [-0.15, -0.1) is 0 Å². The molecule has 2 aliphatic rings. The zero-order valence-corrected chi connectivity index (χ0v) is 23.8. The molecule has 8 nitrogen and oxygen atoms in total. The number of benzene rings is 1. The monoisotopic (exact) mass is 552 g/mol. The lowest BCUT2D eigenvalue weighted by Crippen LogP contribution is -2.37. The average molecular weight is 553 g/mol. The van der Waals surface area contributed by atoms with Crippen molar-refractivity contribution >= 4 is 46.1 Å². The van der Waals surface area contributed by atoms with Crippen LogP contribution in [0.3, 0.4) is 0 Å². The lowest BCUT2D eigenvalue weighted by Gasteiger charge is -2.33. The van der Waals surface area contributed by atoms with Crippen LogP contribution in [0.4, 0.5) is 5.82 Å². The molecular weight excluding hydrogens is 520 g/mol. The molecule has 0 unspecified atom stereocenters. The third-order valence-corrected chi connectivity index (χ3v) is 8.42. The summed E-state index contributed by atoms with van der Waals surface area (Å²) in [5.41, 5.74) is 2.16. The first-order valence-electron chi connectivity index (χ1n) is 12.7. The number of amides is 1. The van der Waals surface area contributed by atoms with Gasteiger partial charge in [0.05, 0.1) is 19.1 Å². The molecule has 0 aliphatic carbocycles. The number of carbonyl (C=O) groups is 1. The molecule has 0 atom stereocenters. The predicted octanol–water partition coefficient (Wildman–Crippen LogP) is 4.50. The molecule has 0 saturated carbocycles. The summed E-state index contributed by atoms with van der Waals surface area (Å²) >= 11 is 6.84. The summed E-state index contributed by atoms with van der Waals surface area (Å²) in [6.07, 6.45) is 5.64. The van der Waals surface area contributed by atoms with Gasteiger partial charge in [0.15, 0.2) is 11.5 Å². The molecule has 1 aromatic carbocycles. The van der Waals surface area contributed by atoms with Crippen LogP contribution in [0.2, 0.25) is 0 Å². The normalized spacial score (nSPS) is 16.8. The Morgan fingerprint density at radius 2 is 1.84 bits per heavy atom. The summed E-state index contributed by atoms with van der Waals surface area (Å²) < 4.78 is 12.9. The number of thiocarbonyl (C=S) groups is 1. The molecule has 0 spiro atoms. The number of piperidine rings is 1. The largest absolute Gasteiger partial charge is 0.493 e. The Hall–Kier alpha value is -3.29. The molecule has 0 N–H and O–H groups in total. The van der Waals surface area contributed by atoms with Crippen LogP contribution >= 0.6 is 24.0 Å². The molecule has 2 saturated heterocycles. The highest BCUT2D eigenvalue weighted by molar-refractivity contribution is 8.26. The SMILES string of the molecule is CCn1c(N2CCCCC2)c(C=C2SC(=S)N(CCc3ccc(OC)c(OC)c3)C2=O)c(C)c(C#N)c1=O. The zero-order valence-electron chi connectivity index (χ0n) is 22.2. The Labute approximate surface area is 232 Å². The van der Waals surface area contributed by atoms with Crippen molar-refractivity contribution in [1.82, 2.24) is 9.47 Å². The van der Waals surface area contributed by atoms with E-state index in [1.807, 2.05) is 31.2 Å². The second kappa shape index (κ2) is 12.0. The van der Waals surface area contributed by atoms with Crippen molar-refractivity contribution in [3.8, 4) is 17.6 Å². The third-order valence-electron chi connectivity index (χ3n) is 7.04. The van der Waals surface area contributed by atoms with E-state index < -0.39 is 0 Å². The first kappa shape index (κ1) is 27.7. The smallest absolute Gasteiger partial charge is 0.270 e. The molecule has 2 aromatic rings. The van der Waals surface area contributed by atoms with Crippen LogP contribution in [-0.4, -0.2) is 53.5 Å². The fraction of sp³-hybridized carbons (Fsp3) is 0.429. The topological polar surface area (TPSA) is 87.8 Å². The van der Waals surface area contributed by atoms with Gasteiger partial charge in [-0.3, -0.25) is 19.1 Å². The van der Waals surface area contributed by atoms with Gasteiger partial charge in [0.25, 0.3) is 11.5 Å². The number of hydrogen-bond donors (Lipinski definition) is 0. The van der Waals surface area contributed by atoms with E-state index in [-0.39, 0.29) is 17.0 Å². The average Bonchev–Trinajstić information content (AvgIpc) is 3.20. The standard InChI is InChI=1S/C28H32N4O4S2/c1-5-31-25(30-12-7-6-8-13-30)20(18(2)21(17-29)26(31)33)16-24-27(34)32(28(37)38-24)14-11-19-9-10-22(35-3)23(15-19)36-4/h9-10,15-16H,5-8,11-14H2,1-4H3. The lowest BCUT2D eigenvalue weighted by molar-refractivity contribution is -0.122. The van der Waals surface area contributed by atoms with Crippen molar-refractivity contribution in [2.75, 3.05) is 38.8 Å². The molecular formula is C28H32N4O4S2. The molecule has 0 bridgehead atoms.